The van der Waals surface area contributed by atoms with Crippen LogP contribution >= 0.6 is 11.3 Å². The van der Waals surface area contributed by atoms with Gasteiger partial charge in [0.15, 0.2) is 0 Å². The van der Waals surface area contributed by atoms with Gasteiger partial charge in [-0.05, 0) is 38.0 Å². The number of hydrogen-bond acceptors (Lipinski definition) is 4. The van der Waals surface area contributed by atoms with Crippen molar-refractivity contribution < 1.29 is 0 Å². The average molecular weight is 302 g/mol. The molecule has 3 aromatic heterocycles. The number of aromatic amines is 1. The summed E-state index contributed by atoms with van der Waals surface area (Å²) in [5.41, 5.74) is 7.89. The molecule has 0 bridgehead atoms. The lowest BCUT2D eigenvalue weighted by Gasteiger charge is -2.04. The highest BCUT2D eigenvalue weighted by molar-refractivity contribution is 7.18. The Labute approximate surface area is 126 Å². The third-order valence-electron chi connectivity index (χ3n) is 3.72. The zero-order valence-electron chi connectivity index (χ0n) is 12.3. The second-order valence-corrected chi connectivity index (χ2v) is 6.59. The fourth-order valence-electron chi connectivity index (χ4n) is 2.37. The van der Waals surface area contributed by atoms with E-state index in [0.29, 0.717) is 17.8 Å². The second-order valence-electron chi connectivity index (χ2n) is 5.38. The molecule has 0 fully saturated rings. The predicted octanol–water partition coefficient (Wildman–Crippen LogP) is 2.47. The van der Waals surface area contributed by atoms with Crippen LogP contribution in [0.5, 0.6) is 0 Å². The monoisotopic (exact) mass is 302 g/mol. The average Bonchev–Trinajstić information content (AvgIpc) is 2.96. The number of aryl methyl sites for hydroxylation is 2. The van der Waals surface area contributed by atoms with E-state index in [1.807, 2.05) is 43.8 Å². The fourth-order valence-corrected chi connectivity index (χ4v) is 3.42. The molecule has 1 unspecified atom stereocenters. The Morgan fingerprint density at radius 3 is 2.90 bits per heavy atom. The first-order valence-electron chi connectivity index (χ1n) is 6.86. The normalized spacial score (nSPS) is 13.0. The van der Waals surface area contributed by atoms with Gasteiger partial charge in [-0.2, -0.15) is 0 Å². The summed E-state index contributed by atoms with van der Waals surface area (Å²) < 4.78 is 1.98. The number of rotatable bonds is 3. The standard InChI is InChI=1S/C15H18N4OS/c1-8-10(3)21-15-13(8)14(20)17-12(18-15)7-19-5-4-11(6-19)9(2)16/h4-6,9H,7,16H2,1-3H3,(H,17,18,20). The lowest BCUT2D eigenvalue weighted by atomic mass is 10.2. The Hall–Kier alpha value is -1.92. The third-order valence-corrected chi connectivity index (χ3v) is 4.82. The quantitative estimate of drug-likeness (QED) is 0.780. The van der Waals surface area contributed by atoms with E-state index in [9.17, 15) is 4.79 Å². The number of H-pyrrole nitrogens is 1. The largest absolute Gasteiger partial charge is 0.346 e. The van der Waals surface area contributed by atoms with Gasteiger partial charge in [-0.15, -0.1) is 11.3 Å². The molecule has 3 heterocycles. The van der Waals surface area contributed by atoms with Gasteiger partial charge in [-0.3, -0.25) is 4.79 Å². The molecule has 0 aromatic carbocycles. The van der Waals surface area contributed by atoms with Crippen LogP contribution in [0.4, 0.5) is 0 Å². The molecule has 6 heteroatoms. The van der Waals surface area contributed by atoms with E-state index in [-0.39, 0.29) is 11.6 Å². The maximum absolute atomic E-state index is 12.2. The van der Waals surface area contributed by atoms with E-state index in [1.54, 1.807) is 11.3 Å². The van der Waals surface area contributed by atoms with Crippen LogP contribution < -0.4 is 11.3 Å². The Bertz CT molecular complexity index is 856. The molecule has 0 spiro atoms. The topological polar surface area (TPSA) is 76.7 Å². The molecule has 3 N–H and O–H groups in total. The van der Waals surface area contributed by atoms with Crippen molar-refractivity contribution in [3.63, 3.8) is 0 Å². The van der Waals surface area contributed by atoms with Crippen molar-refractivity contribution in [2.45, 2.75) is 33.4 Å². The molecule has 110 valence electrons. The van der Waals surface area contributed by atoms with Crippen molar-refractivity contribution in [3.05, 3.63) is 50.6 Å². The third kappa shape index (κ3) is 2.52. The molecule has 21 heavy (non-hydrogen) atoms. The minimum atomic E-state index is -0.0589. The number of nitrogens with one attached hydrogen (secondary N) is 1. The van der Waals surface area contributed by atoms with E-state index >= 15 is 0 Å². The van der Waals surface area contributed by atoms with Crippen molar-refractivity contribution in [2.24, 2.45) is 5.73 Å². The Morgan fingerprint density at radius 2 is 2.24 bits per heavy atom. The number of nitrogens with zero attached hydrogens (tertiary/aromatic N) is 2. The summed E-state index contributed by atoms with van der Waals surface area (Å²) in [6.07, 6.45) is 3.94. The molecular formula is C15H18N4OS. The molecule has 0 amide bonds. The van der Waals surface area contributed by atoms with Crippen LogP contribution in [0.2, 0.25) is 0 Å². The molecule has 0 aliphatic heterocycles. The van der Waals surface area contributed by atoms with E-state index < -0.39 is 0 Å². The summed E-state index contributed by atoms with van der Waals surface area (Å²) in [5, 5.41) is 0.713. The van der Waals surface area contributed by atoms with Crippen molar-refractivity contribution in [2.75, 3.05) is 0 Å². The van der Waals surface area contributed by atoms with Crippen molar-refractivity contribution in [1.29, 1.82) is 0 Å². The zero-order valence-corrected chi connectivity index (χ0v) is 13.1. The smallest absolute Gasteiger partial charge is 0.259 e. The lowest BCUT2D eigenvalue weighted by Crippen LogP contribution is -2.13. The highest BCUT2D eigenvalue weighted by atomic mass is 32.1. The molecular weight excluding hydrogens is 284 g/mol. The van der Waals surface area contributed by atoms with Gasteiger partial charge in [0.2, 0.25) is 0 Å². The Balaban J connectivity index is 1.99. The first-order valence-corrected chi connectivity index (χ1v) is 7.67. The Morgan fingerprint density at radius 1 is 1.48 bits per heavy atom. The summed E-state index contributed by atoms with van der Waals surface area (Å²) in [4.78, 5) is 21.6. The van der Waals surface area contributed by atoms with Crippen LogP contribution in [0.3, 0.4) is 0 Å². The fraction of sp³-hybridized carbons (Fsp3) is 0.333. The van der Waals surface area contributed by atoms with Crippen LogP contribution in [0.25, 0.3) is 10.2 Å². The summed E-state index contributed by atoms with van der Waals surface area (Å²) in [7, 11) is 0. The summed E-state index contributed by atoms with van der Waals surface area (Å²) in [6.45, 7) is 6.46. The van der Waals surface area contributed by atoms with Crippen LogP contribution in [0.15, 0.2) is 23.3 Å². The van der Waals surface area contributed by atoms with Crippen LogP contribution in [-0.4, -0.2) is 14.5 Å². The number of aromatic nitrogens is 3. The van der Waals surface area contributed by atoms with Gasteiger partial charge >= 0.3 is 0 Å². The summed E-state index contributed by atoms with van der Waals surface area (Å²) in [5.74, 6) is 0.667. The summed E-state index contributed by atoms with van der Waals surface area (Å²) in [6, 6.07) is 1.99. The van der Waals surface area contributed by atoms with Gasteiger partial charge in [0.25, 0.3) is 5.56 Å². The Kier molecular flexibility index (Phi) is 3.43. The highest BCUT2D eigenvalue weighted by Gasteiger charge is 2.12. The molecule has 0 aliphatic carbocycles. The zero-order chi connectivity index (χ0) is 15.1. The van der Waals surface area contributed by atoms with E-state index in [2.05, 4.69) is 9.97 Å². The highest BCUT2D eigenvalue weighted by Crippen LogP contribution is 2.25. The van der Waals surface area contributed by atoms with Crippen LogP contribution in [0.1, 0.15) is 34.8 Å². The van der Waals surface area contributed by atoms with Gasteiger partial charge in [0.05, 0.1) is 11.9 Å². The van der Waals surface area contributed by atoms with E-state index in [0.717, 1.165) is 20.8 Å². The van der Waals surface area contributed by atoms with Gasteiger partial charge < -0.3 is 15.3 Å². The number of thiophene rings is 1. The van der Waals surface area contributed by atoms with Gasteiger partial charge in [0.1, 0.15) is 10.7 Å². The van der Waals surface area contributed by atoms with Gasteiger partial charge in [-0.25, -0.2) is 4.98 Å². The maximum Gasteiger partial charge on any atom is 0.259 e. The minimum Gasteiger partial charge on any atom is -0.346 e. The number of fused-ring (bicyclic) bond motifs is 1. The summed E-state index contributed by atoms with van der Waals surface area (Å²) >= 11 is 1.57. The van der Waals surface area contributed by atoms with E-state index in [4.69, 9.17) is 5.73 Å². The number of nitrogens with two attached hydrogens (primary N) is 1. The molecule has 5 nitrogen and oxygen atoms in total. The van der Waals surface area contributed by atoms with Crippen molar-refractivity contribution in [3.8, 4) is 0 Å². The SMILES string of the molecule is Cc1sc2nc(Cn3ccc(C(C)N)c3)[nH]c(=O)c2c1C. The van der Waals surface area contributed by atoms with E-state index in [1.165, 1.54) is 0 Å². The number of hydrogen-bond donors (Lipinski definition) is 2. The lowest BCUT2D eigenvalue weighted by molar-refractivity contribution is 0.739. The molecule has 1 atom stereocenters. The molecule has 0 saturated heterocycles. The van der Waals surface area contributed by atoms with Crippen molar-refractivity contribution >= 4 is 21.6 Å². The molecule has 3 rings (SSSR count). The van der Waals surface area contributed by atoms with Gasteiger partial charge in [0, 0.05) is 23.3 Å². The molecule has 3 aromatic rings. The van der Waals surface area contributed by atoms with Crippen LogP contribution in [0, 0.1) is 13.8 Å². The molecule has 0 aliphatic rings. The first-order chi connectivity index (χ1) is 9.95. The minimum absolute atomic E-state index is 0.00309. The maximum atomic E-state index is 12.2. The second kappa shape index (κ2) is 5.13. The predicted molar refractivity (Wildman–Crippen MR) is 85.9 cm³/mol. The van der Waals surface area contributed by atoms with Crippen molar-refractivity contribution in [1.82, 2.24) is 14.5 Å². The van der Waals surface area contributed by atoms with Gasteiger partial charge in [-0.1, -0.05) is 0 Å². The molecule has 0 saturated carbocycles. The molecule has 0 radical (unpaired) electrons. The first kappa shape index (κ1) is 14.0. The van der Waals surface area contributed by atoms with Crippen LogP contribution in [-0.2, 0) is 6.54 Å².